The summed E-state index contributed by atoms with van der Waals surface area (Å²) in [7, 11) is 0. The second-order valence-corrected chi connectivity index (χ2v) is 5.92. The second kappa shape index (κ2) is 4.93. The Hall–Kier alpha value is -1.42. The average Bonchev–Trinajstić information content (AvgIpc) is 2.87. The Bertz CT molecular complexity index is 456. The van der Waals surface area contributed by atoms with Crippen molar-refractivity contribution in [2.45, 2.75) is 50.1 Å². The molecular weight excluding hydrogens is 238 g/mol. The highest BCUT2D eigenvalue weighted by Crippen LogP contribution is 2.36. The molecule has 1 unspecified atom stereocenters. The third-order valence-electron chi connectivity index (χ3n) is 4.49. The monoisotopic (exact) mass is 259 g/mol. The first-order valence-electron chi connectivity index (χ1n) is 7.16. The lowest BCUT2D eigenvalue weighted by Crippen LogP contribution is -2.50. The van der Waals surface area contributed by atoms with E-state index in [1.807, 2.05) is 17.2 Å². The summed E-state index contributed by atoms with van der Waals surface area (Å²) in [5.41, 5.74) is 7.12. The highest BCUT2D eigenvalue weighted by molar-refractivity contribution is 5.78. The minimum atomic E-state index is -0.223. The summed E-state index contributed by atoms with van der Waals surface area (Å²) in [6, 6.07) is 4.20. The van der Waals surface area contributed by atoms with Gasteiger partial charge in [-0.25, -0.2) is 0 Å². The van der Waals surface area contributed by atoms with Crippen molar-refractivity contribution in [3.63, 3.8) is 0 Å². The number of nitrogens with two attached hydrogens (primary N) is 1. The topological polar surface area (TPSA) is 59.2 Å². The summed E-state index contributed by atoms with van der Waals surface area (Å²) >= 11 is 0. The molecule has 0 spiro atoms. The SMILES string of the molecule is NC1(CC(=O)N2CCCC2c2cccnc2)CCC1. The smallest absolute Gasteiger partial charge is 0.224 e. The van der Waals surface area contributed by atoms with Crippen molar-refractivity contribution in [3.05, 3.63) is 30.1 Å². The zero-order chi connectivity index (χ0) is 13.3. The standard InChI is InChI=1S/C15H21N3O/c16-15(6-3-7-15)10-14(19)18-9-2-5-13(18)12-4-1-8-17-11-12/h1,4,8,11,13H,2-3,5-7,9-10,16H2. The van der Waals surface area contributed by atoms with E-state index in [0.717, 1.165) is 44.2 Å². The lowest BCUT2D eigenvalue weighted by Gasteiger charge is -2.39. The van der Waals surface area contributed by atoms with Crippen LogP contribution < -0.4 is 5.73 Å². The van der Waals surface area contributed by atoms with Gasteiger partial charge in [-0.3, -0.25) is 9.78 Å². The molecule has 0 bridgehead atoms. The summed E-state index contributed by atoms with van der Waals surface area (Å²) in [5.74, 6) is 0.216. The molecule has 102 valence electrons. The van der Waals surface area contributed by atoms with E-state index in [1.165, 1.54) is 0 Å². The number of hydrogen-bond acceptors (Lipinski definition) is 3. The average molecular weight is 259 g/mol. The predicted molar refractivity (Wildman–Crippen MR) is 73.3 cm³/mol. The molecule has 4 nitrogen and oxygen atoms in total. The third-order valence-corrected chi connectivity index (χ3v) is 4.49. The first-order chi connectivity index (χ1) is 9.18. The molecule has 19 heavy (non-hydrogen) atoms. The molecule has 2 N–H and O–H groups in total. The van der Waals surface area contributed by atoms with Crippen molar-refractivity contribution < 1.29 is 4.79 Å². The molecule has 1 aromatic heterocycles. The molecule has 4 heteroatoms. The largest absolute Gasteiger partial charge is 0.336 e. The highest BCUT2D eigenvalue weighted by Gasteiger charge is 2.38. The van der Waals surface area contributed by atoms with Crippen molar-refractivity contribution >= 4 is 5.91 Å². The van der Waals surface area contributed by atoms with Gasteiger partial charge in [0.2, 0.25) is 5.91 Å². The van der Waals surface area contributed by atoms with Crippen LogP contribution in [0, 0.1) is 0 Å². The second-order valence-electron chi connectivity index (χ2n) is 5.92. The maximum Gasteiger partial charge on any atom is 0.224 e. The summed E-state index contributed by atoms with van der Waals surface area (Å²) < 4.78 is 0. The minimum Gasteiger partial charge on any atom is -0.336 e. The van der Waals surface area contributed by atoms with Crippen LogP contribution in [-0.4, -0.2) is 27.9 Å². The predicted octanol–water partition coefficient (Wildman–Crippen LogP) is 2.02. The Morgan fingerprint density at radius 2 is 2.32 bits per heavy atom. The van der Waals surface area contributed by atoms with Crippen LogP contribution in [0.15, 0.2) is 24.5 Å². The Morgan fingerprint density at radius 1 is 1.47 bits per heavy atom. The molecule has 1 aliphatic heterocycles. The van der Waals surface area contributed by atoms with Gasteiger partial charge in [0.25, 0.3) is 0 Å². The molecule has 3 rings (SSSR count). The van der Waals surface area contributed by atoms with E-state index < -0.39 is 0 Å². The molecule has 0 aromatic carbocycles. The number of likely N-dealkylation sites (tertiary alicyclic amines) is 1. The van der Waals surface area contributed by atoms with Gasteiger partial charge in [-0.2, -0.15) is 0 Å². The molecule has 0 radical (unpaired) electrons. The zero-order valence-electron chi connectivity index (χ0n) is 11.2. The lowest BCUT2D eigenvalue weighted by molar-refractivity contribution is -0.134. The summed E-state index contributed by atoms with van der Waals surface area (Å²) in [6.45, 7) is 0.856. The fourth-order valence-corrected chi connectivity index (χ4v) is 3.20. The zero-order valence-corrected chi connectivity index (χ0v) is 11.2. The normalized spacial score (nSPS) is 25.1. The van der Waals surface area contributed by atoms with Gasteiger partial charge < -0.3 is 10.6 Å². The Kier molecular flexibility index (Phi) is 3.27. The van der Waals surface area contributed by atoms with E-state index in [9.17, 15) is 4.79 Å². The number of hydrogen-bond donors (Lipinski definition) is 1. The van der Waals surface area contributed by atoms with Crippen LogP contribution in [0.1, 0.15) is 50.1 Å². The highest BCUT2D eigenvalue weighted by atomic mass is 16.2. The van der Waals surface area contributed by atoms with E-state index in [0.29, 0.717) is 6.42 Å². The van der Waals surface area contributed by atoms with Crippen molar-refractivity contribution in [1.29, 1.82) is 0 Å². The number of nitrogens with zero attached hydrogens (tertiary/aromatic N) is 2. The molecule has 2 fully saturated rings. The fourth-order valence-electron chi connectivity index (χ4n) is 3.20. The molecule has 2 aliphatic rings. The number of rotatable bonds is 3. The van der Waals surface area contributed by atoms with Gasteiger partial charge in [0.05, 0.1) is 6.04 Å². The van der Waals surface area contributed by atoms with Gasteiger partial charge in [-0.1, -0.05) is 6.07 Å². The number of carbonyl (C=O) groups excluding carboxylic acids is 1. The number of carbonyl (C=O) groups is 1. The van der Waals surface area contributed by atoms with Crippen LogP contribution in [0.3, 0.4) is 0 Å². The van der Waals surface area contributed by atoms with Crippen LogP contribution in [0.4, 0.5) is 0 Å². The quantitative estimate of drug-likeness (QED) is 0.903. The Labute approximate surface area is 114 Å². The van der Waals surface area contributed by atoms with E-state index in [-0.39, 0.29) is 17.5 Å². The number of aromatic nitrogens is 1. The fraction of sp³-hybridized carbons (Fsp3) is 0.600. The van der Waals surface area contributed by atoms with E-state index in [2.05, 4.69) is 11.1 Å². The maximum absolute atomic E-state index is 12.5. The van der Waals surface area contributed by atoms with Gasteiger partial charge in [0.15, 0.2) is 0 Å². The Balaban J connectivity index is 1.71. The van der Waals surface area contributed by atoms with Crippen LogP contribution in [0.2, 0.25) is 0 Å². The van der Waals surface area contributed by atoms with Crippen LogP contribution in [0.25, 0.3) is 0 Å². The minimum absolute atomic E-state index is 0.199. The van der Waals surface area contributed by atoms with E-state index in [1.54, 1.807) is 6.20 Å². The van der Waals surface area contributed by atoms with Crippen molar-refractivity contribution in [3.8, 4) is 0 Å². The molecule has 1 saturated carbocycles. The van der Waals surface area contributed by atoms with Gasteiger partial charge in [-0.05, 0) is 43.7 Å². The van der Waals surface area contributed by atoms with E-state index in [4.69, 9.17) is 5.73 Å². The van der Waals surface area contributed by atoms with Crippen LogP contribution >= 0.6 is 0 Å². The molecule has 1 aliphatic carbocycles. The molecule has 1 saturated heterocycles. The van der Waals surface area contributed by atoms with Gasteiger partial charge >= 0.3 is 0 Å². The summed E-state index contributed by atoms with van der Waals surface area (Å²) in [5, 5.41) is 0. The van der Waals surface area contributed by atoms with Crippen molar-refractivity contribution in [1.82, 2.24) is 9.88 Å². The molecule has 1 aromatic rings. The first-order valence-corrected chi connectivity index (χ1v) is 7.16. The summed E-state index contributed by atoms with van der Waals surface area (Å²) in [4.78, 5) is 18.6. The molecular formula is C15H21N3O. The maximum atomic E-state index is 12.5. The van der Waals surface area contributed by atoms with Gasteiger partial charge in [-0.15, -0.1) is 0 Å². The molecule has 2 heterocycles. The van der Waals surface area contributed by atoms with Crippen LogP contribution in [0.5, 0.6) is 0 Å². The first kappa shape index (κ1) is 12.6. The van der Waals surface area contributed by atoms with Crippen molar-refractivity contribution in [2.24, 2.45) is 5.73 Å². The van der Waals surface area contributed by atoms with Crippen molar-refractivity contribution in [2.75, 3.05) is 6.54 Å². The lowest BCUT2D eigenvalue weighted by atomic mass is 9.75. The third kappa shape index (κ3) is 2.50. The van der Waals surface area contributed by atoms with E-state index >= 15 is 0 Å². The van der Waals surface area contributed by atoms with Crippen LogP contribution in [-0.2, 0) is 4.79 Å². The Morgan fingerprint density at radius 3 is 2.95 bits per heavy atom. The summed E-state index contributed by atoms with van der Waals surface area (Å²) in [6.07, 6.45) is 9.40. The van der Waals surface area contributed by atoms with Gasteiger partial charge in [0, 0.05) is 30.9 Å². The molecule has 1 amide bonds. The number of amides is 1. The number of pyridine rings is 1. The van der Waals surface area contributed by atoms with Gasteiger partial charge in [0.1, 0.15) is 0 Å². The molecule has 1 atom stereocenters.